The number of nitrogens with one attached hydrogen (secondary N) is 2. The summed E-state index contributed by atoms with van der Waals surface area (Å²) in [4.78, 5) is 19.0. The Morgan fingerprint density at radius 3 is 2.37 bits per heavy atom. The average Bonchev–Trinajstić information content (AvgIpc) is 3.37. The molecule has 2 N–H and O–H groups in total. The lowest BCUT2D eigenvalue weighted by Gasteiger charge is -2.29. The van der Waals surface area contributed by atoms with E-state index in [2.05, 4.69) is 77.3 Å². The smallest absolute Gasteiger partial charge is 0.224 e. The SMILES string of the molecule is CCC(=O)Nc1ccc(N2C(=S)N[C@@H](c3ccccn3)[C@@H]2c2c(C)c(C)n(-c3ccccc3)c2C)cc1C. The number of hydrogen-bond donors (Lipinski definition) is 2. The lowest BCUT2D eigenvalue weighted by atomic mass is 9.93. The summed E-state index contributed by atoms with van der Waals surface area (Å²) in [5.41, 5.74) is 9.70. The van der Waals surface area contributed by atoms with E-state index in [-0.39, 0.29) is 18.0 Å². The van der Waals surface area contributed by atoms with E-state index < -0.39 is 0 Å². The van der Waals surface area contributed by atoms with Crippen molar-refractivity contribution in [2.45, 2.75) is 53.1 Å². The highest BCUT2D eigenvalue weighted by molar-refractivity contribution is 7.80. The summed E-state index contributed by atoms with van der Waals surface area (Å²) in [5.74, 6) is -0.00345. The van der Waals surface area contributed by atoms with Gasteiger partial charge in [-0.15, -0.1) is 0 Å². The second-order valence-corrected chi connectivity index (χ2v) is 10.2. The monoisotopic (exact) mass is 523 g/mol. The molecule has 194 valence electrons. The molecule has 2 aromatic heterocycles. The van der Waals surface area contributed by atoms with Crippen LogP contribution >= 0.6 is 12.2 Å². The van der Waals surface area contributed by atoms with Gasteiger partial charge in [-0.25, -0.2) is 0 Å². The minimum absolute atomic E-state index is 0.00345. The number of hydrogen-bond acceptors (Lipinski definition) is 3. The van der Waals surface area contributed by atoms with Crippen molar-refractivity contribution >= 4 is 34.6 Å². The molecule has 0 spiro atoms. The normalized spacial score (nSPS) is 17.0. The third kappa shape index (κ3) is 4.47. The molecule has 0 aliphatic carbocycles. The van der Waals surface area contributed by atoms with Gasteiger partial charge in [0.2, 0.25) is 5.91 Å². The van der Waals surface area contributed by atoms with Crippen LogP contribution in [0.15, 0.2) is 72.9 Å². The number of aryl methyl sites for hydroxylation is 1. The first-order valence-corrected chi connectivity index (χ1v) is 13.4. The summed E-state index contributed by atoms with van der Waals surface area (Å²) in [6.45, 7) is 10.4. The molecule has 7 heteroatoms. The van der Waals surface area contributed by atoms with Crippen LogP contribution in [-0.2, 0) is 4.79 Å². The summed E-state index contributed by atoms with van der Waals surface area (Å²) < 4.78 is 2.33. The molecule has 6 nitrogen and oxygen atoms in total. The van der Waals surface area contributed by atoms with Crippen molar-refractivity contribution in [1.29, 1.82) is 0 Å². The Kier molecular flexibility index (Phi) is 7.04. The third-order valence-corrected chi connectivity index (χ3v) is 7.81. The van der Waals surface area contributed by atoms with Crippen LogP contribution in [0.1, 0.15) is 59.2 Å². The Morgan fingerprint density at radius 2 is 1.71 bits per heavy atom. The standard InChI is InChI=1S/C31H33N5OS/c1-6-27(37)33-25-16-15-24(18-19(25)2)36-30(29(34-31(36)38)26-14-10-11-17-32-26)28-20(3)21(4)35(22(28)5)23-12-8-7-9-13-23/h7-18,29-30H,6H2,1-5H3,(H,33,37)(H,34,38)/t29-,30-/m0/s1. The second kappa shape index (κ2) is 10.4. The molecule has 2 aromatic carbocycles. The fourth-order valence-corrected chi connectivity index (χ4v) is 5.85. The van der Waals surface area contributed by atoms with E-state index in [9.17, 15) is 4.79 Å². The van der Waals surface area contributed by atoms with Crippen LogP contribution in [0.2, 0.25) is 0 Å². The number of thiocarbonyl (C=S) groups is 1. The molecule has 1 aliphatic rings. The van der Waals surface area contributed by atoms with Gasteiger partial charge in [0.25, 0.3) is 0 Å². The van der Waals surface area contributed by atoms with Gasteiger partial charge in [0, 0.05) is 46.6 Å². The second-order valence-electron chi connectivity index (χ2n) is 9.78. The number of nitrogens with zero attached hydrogens (tertiary/aromatic N) is 3. The first-order chi connectivity index (χ1) is 18.3. The zero-order chi connectivity index (χ0) is 27.0. The van der Waals surface area contributed by atoms with Gasteiger partial charge in [-0.05, 0) is 93.5 Å². The van der Waals surface area contributed by atoms with Gasteiger partial charge in [-0.1, -0.05) is 31.2 Å². The summed E-state index contributed by atoms with van der Waals surface area (Å²) in [6, 6.07) is 22.3. The number of benzene rings is 2. The molecule has 0 unspecified atom stereocenters. The first kappa shape index (κ1) is 25.7. The first-order valence-electron chi connectivity index (χ1n) is 13.0. The van der Waals surface area contributed by atoms with Crippen molar-refractivity contribution < 1.29 is 4.79 Å². The van der Waals surface area contributed by atoms with Gasteiger partial charge >= 0.3 is 0 Å². The van der Waals surface area contributed by atoms with Gasteiger partial charge < -0.3 is 20.1 Å². The highest BCUT2D eigenvalue weighted by atomic mass is 32.1. The topological polar surface area (TPSA) is 62.2 Å². The summed E-state index contributed by atoms with van der Waals surface area (Å²) in [6.07, 6.45) is 2.26. The average molecular weight is 524 g/mol. The van der Waals surface area contributed by atoms with Crippen LogP contribution in [-0.4, -0.2) is 20.6 Å². The Labute approximate surface area is 229 Å². The van der Waals surface area contributed by atoms with Gasteiger partial charge in [0.05, 0.1) is 17.8 Å². The molecular formula is C31H33N5OS. The van der Waals surface area contributed by atoms with Crippen LogP contribution in [0.3, 0.4) is 0 Å². The number of para-hydroxylation sites is 1. The van der Waals surface area contributed by atoms with Crippen LogP contribution < -0.4 is 15.5 Å². The van der Waals surface area contributed by atoms with Crippen LogP contribution in [0.4, 0.5) is 11.4 Å². The number of rotatable bonds is 6. The number of carbonyl (C=O) groups excluding carboxylic acids is 1. The van der Waals surface area contributed by atoms with E-state index in [4.69, 9.17) is 17.2 Å². The Hall–Kier alpha value is -3.97. The quantitative estimate of drug-likeness (QED) is 0.278. The van der Waals surface area contributed by atoms with Gasteiger partial charge in [0.1, 0.15) is 0 Å². The van der Waals surface area contributed by atoms with Gasteiger partial charge in [-0.2, -0.15) is 0 Å². The number of anilines is 2. The van der Waals surface area contributed by atoms with E-state index in [0.29, 0.717) is 11.5 Å². The Balaban J connectivity index is 1.67. The summed E-state index contributed by atoms with van der Waals surface area (Å²) in [7, 11) is 0. The zero-order valence-corrected chi connectivity index (χ0v) is 23.3. The predicted octanol–water partition coefficient (Wildman–Crippen LogP) is 6.63. The summed E-state index contributed by atoms with van der Waals surface area (Å²) in [5, 5.41) is 7.23. The molecule has 0 bridgehead atoms. The molecule has 38 heavy (non-hydrogen) atoms. The molecular weight excluding hydrogens is 490 g/mol. The number of pyridine rings is 1. The van der Waals surface area contributed by atoms with Crippen LogP contribution in [0, 0.1) is 27.7 Å². The molecule has 1 fully saturated rings. The van der Waals surface area contributed by atoms with Gasteiger partial charge in [-0.3, -0.25) is 9.78 Å². The molecule has 2 atom stereocenters. The molecule has 1 aliphatic heterocycles. The minimum atomic E-state index is -0.132. The maximum Gasteiger partial charge on any atom is 0.224 e. The molecule has 0 radical (unpaired) electrons. The van der Waals surface area contributed by atoms with Crippen molar-refractivity contribution in [2.24, 2.45) is 0 Å². The van der Waals surface area contributed by atoms with Crippen molar-refractivity contribution in [2.75, 3.05) is 10.2 Å². The molecule has 4 aromatic rings. The zero-order valence-electron chi connectivity index (χ0n) is 22.4. The molecule has 3 heterocycles. The third-order valence-electron chi connectivity index (χ3n) is 7.50. The van der Waals surface area contributed by atoms with E-state index >= 15 is 0 Å². The number of amides is 1. The van der Waals surface area contributed by atoms with Crippen molar-refractivity contribution in [1.82, 2.24) is 14.9 Å². The maximum atomic E-state index is 12.0. The van der Waals surface area contributed by atoms with Crippen LogP contribution in [0.25, 0.3) is 5.69 Å². The fraction of sp³-hybridized carbons (Fsp3) is 0.258. The van der Waals surface area contributed by atoms with E-state index in [0.717, 1.165) is 28.3 Å². The van der Waals surface area contributed by atoms with Crippen molar-refractivity contribution in [3.05, 3.63) is 107 Å². The Morgan fingerprint density at radius 1 is 0.974 bits per heavy atom. The van der Waals surface area contributed by atoms with Crippen molar-refractivity contribution in [3.63, 3.8) is 0 Å². The minimum Gasteiger partial charge on any atom is -0.351 e. The van der Waals surface area contributed by atoms with E-state index in [1.54, 1.807) is 0 Å². The largest absolute Gasteiger partial charge is 0.351 e. The molecule has 0 saturated carbocycles. The summed E-state index contributed by atoms with van der Waals surface area (Å²) >= 11 is 5.97. The number of carbonyl (C=O) groups is 1. The van der Waals surface area contributed by atoms with E-state index in [1.165, 1.54) is 22.5 Å². The predicted molar refractivity (Wildman–Crippen MR) is 158 cm³/mol. The molecule has 1 amide bonds. The van der Waals surface area contributed by atoms with E-state index in [1.807, 2.05) is 50.4 Å². The lowest BCUT2D eigenvalue weighted by molar-refractivity contribution is -0.115. The molecule has 5 rings (SSSR count). The lowest BCUT2D eigenvalue weighted by Crippen LogP contribution is -2.30. The maximum absolute atomic E-state index is 12.0. The fourth-order valence-electron chi connectivity index (χ4n) is 5.51. The van der Waals surface area contributed by atoms with Crippen LogP contribution in [0.5, 0.6) is 0 Å². The highest BCUT2D eigenvalue weighted by Crippen LogP contribution is 2.45. The number of aromatic nitrogens is 2. The Bertz CT molecular complexity index is 1500. The molecule has 1 saturated heterocycles. The highest BCUT2D eigenvalue weighted by Gasteiger charge is 2.43. The van der Waals surface area contributed by atoms with Crippen molar-refractivity contribution in [3.8, 4) is 5.69 Å². The van der Waals surface area contributed by atoms with Gasteiger partial charge in [0.15, 0.2) is 5.11 Å².